The highest BCUT2D eigenvalue weighted by Crippen LogP contribution is 2.29. The molecule has 1 atom stereocenters. The fraction of sp³-hybridized carbons (Fsp3) is 0.500. The number of halogens is 1. The van der Waals surface area contributed by atoms with Crippen LogP contribution in [-0.2, 0) is 0 Å². The number of hydrogen-bond donors (Lipinski definition) is 1. The Morgan fingerprint density at radius 3 is 2.50 bits per heavy atom. The van der Waals surface area contributed by atoms with Gasteiger partial charge in [-0.15, -0.1) is 0 Å². The van der Waals surface area contributed by atoms with Crippen molar-refractivity contribution in [3.05, 3.63) is 34.9 Å². The van der Waals surface area contributed by atoms with E-state index in [9.17, 15) is 5.11 Å². The maximum absolute atomic E-state index is 9.92. The summed E-state index contributed by atoms with van der Waals surface area (Å²) in [6, 6.07) is 7.40. The molecule has 1 N–H and O–H groups in total. The summed E-state index contributed by atoms with van der Waals surface area (Å²) >= 11 is 5.85. The molecule has 0 spiro atoms. The Morgan fingerprint density at radius 2 is 2.00 bits per heavy atom. The molecule has 0 saturated carbocycles. The molecule has 1 aromatic rings. The predicted molar refractivity (Wildman–Crippen MR) is 60.5 cm³/mol. The van der Waals surface area contributed by atoms with Crippen molar-refractivity contribution in [1.82, 2.24) is 0 Å². The number of hydrogen-bond acceptors (Lipinski definition) is 1. The lowest BCUT2D eigenvalue weighted by atomic mass is 9.87. The van der Waals surface area contributed by atoms with Gasteiger partial charge in [-0.25, -0.2) is 0 Å². The van der Waals surface area contributed by atoms with E-state index in [2.05, 4.69) is 20.8 Å². The van der Waals surface area contributed by atoms with Crippen molar-refractivity contribution in [3.63, 3.8) is 0 Å². The summed E-state index contributed by atoms with van der Waals surface area (Å²) in [6.07, 6.45) is 0.321. The molecule has 0 aliphatic carbocycles. The summed E-state index contributed by atoms with van der Waals surface area (Å²) in [7, 11) is 0. The van der Waals surface area contributed by atoms with Gasteiger partial charge in [-0.3, -0.25) is 0 Å². The molecular weight excluding hydrogens is 196 g/mol. The molecule has 0 bridgehead atoms. The quantitative estimate of drug-likeness (QED) is 0.791. The van der Waals surface area contributed by atoms with Crippen molar-refractivity contribution in [1.29, 1.82) is 0 Å². The monoisotopic (exact) mass is 212 g/mol. The lowest BCUT2D eigenvalue weighted by molar-refractivity contribution is 0.122. The van der Waals surface area contributed by atoms with Crippen LogP contribution in [0, 0.1) is 5.41 Å². The zero-order chi connectivity index (χ0) is 10.8. The highest BCUT2D eigenvalue weighted by molar-refractivity contribution is 6.30. The summed E-state index contributed by atoms with van der Waals surface area (Å²) in [5.41, 5.74) is 1.02. The first-order valence-electron chi connectivity index (χ1n) is 4.82. The number of rotatable bonds is 2. The Kier molecular flexibility index (Phi) is 3.57. The van der Waals surface area contributed by atoms with Crippen LogP contribution in [0.1, 0.15) is 38.9 Å². The summed E-state index contributed by atoms with van der Waals surface area (Å²) in [4.78, 5) is 0. The van der Waals surface area contributed by atoms with E-state index >= 15 is 0 Å². The van der Waals surface area contributed by atoms with Crippen LogP contribution in [0.3, 0.4) is 0 Å². The molecule has 78 valence electrons. The minimum Gasteiger partial charge on any atom is -0.388 e. The van der Waals surface area contributed by atoms with E-state index < -0.39 is 6.10 Å². The van der Waals surface area contributed by atoms with E-state index in [0.29, 0.717) is 5.02 Å². The Balaban J connectivity index is 2.74. The maximum atomic E-state index is 9.92. The first-order valence-corrected chi connectivity index (χ1v) is 5.20. The van der Waals surface area contributed by atoms with Gasteiger partial charge in [-0.2, -0.15) is 0 Å². The van der Waals surface area contributed by atoms with Gasteiger partial charge >= 0.3 is 0 Å². The minimum atomic E-state index is -0.423. The molecule has 0 saturated heterocycles. The van der Waals surface area contributed by atoms with Crippen LogP contribution in [0.2, 0.25) is 5.02 Å². The van der Waals surface area contributed by atoms with Gasteiger partial charge in [0.1, 0.15) is 0 Å². The molecule has 2 heteroatoms. The average Bonchev–Trinajstić information content (AvgIpc) is 2.01. The average molecular weight is 213 g/mol. The smallest absolute Gasteiger partial charge is 0.0795 e. The van der Waals surface area contributed by atoms with E-state index in [1.165, 1.54) is 0 Å². The topological polar surface area (TPSA) is 20.2 Å². The van der Waals surface area contributed by atoms with Crippen molar-refractivity contribution in [2.24, 2.45) is 5.41 Å². The SMILES string of the molecule is CC(C)(C)C[C@@H](O)c1cccc(Cl)c1. The fourth-order valence-corrected chi connectivity index (χ4v) is 1.61. The normalized spacial score (nSPS) is 14.1. The van der Waals surface area contributed by atoms with Crippen molar-refractivity contribution in [3.8, 4) is 0 Å². The van der Waals surface area contributed by atoms with Crippen molar-refractivity contribution in [2.75, 3.05) is 0 Å². The third kappa shape index (κ3) is 3.69. The van der Waals surface area contributed by atoms with E-state index in [-0.39, 0.29) is 5.41 Å². The van der Waals surface area contributed by atoms with Gasteiger partial charge in [0, 0.05) is 5.02 Å². The summed E-state index contributed by atoms with van der Waals surface area (Å²) in [5.74, 6) is 0. The van der Waals surface area contributed by atoms with Gasteiger partial charge in [0.25, 0.3) is 0 Å². The maximum Gasteiger partial charge on any atom is 0.0795 e. The third-order valence-corrected chi connectivity index (χ3v) is 2.27. The number of aliphatic hydroxyl groups is 1. The van der Waals surface area contributed by atoms with Crippen LogP contribution in [0.5, 0.6) is 0 Å². The first-order chi connectivity index (χ1) is 6.38. The van der Waals surface area contributed by atoms with Crippen LogP contribution >= 0.6 is 11.6 Å². The molecule has 0 radical (unpaired) electrons. The van der Waals surface area contributed by atoms with Gasteiger partial charge in [-0.05, 0) is 29.5 Å². The molecule has 1 aromatic carbocycles. The molecular formula is C12H17ClO. The second-order valence-electron chi connectivity index (χ2n) is 4.84. The summed E-state index contributed by atoms with van der Waals surface area (Å²) in [6.45, 7) is 6.34. The molecule has 0 amide bonds. The molecule has 14 heavy (non-hydrogen) atoms. The second kappa shape index (κ2) is 4.33. The van der Waals surface area contributed by atoms with Crippen LogP contribution < -0.4 is 0 Å². The van der Waals surface area contributed by atoms with E-state index in [4.69, 9.17) is 11.6 Å². The molecule has 1 nitrogen and oxygen atoms in total. The Hall–Kier alpha value is -0.530. The fourth-order valence-electron chi connectivity index (χ4n) is 1.41. The van der Waals surface area contributed by atoms with Crippen LogP contribution in [0.15, 0.2) is 24.3 Å². The second-order valence-corrected chi connectivity index (χ2v) is 5.27. The van der Waals surface area contributed by atoms with Gasteiger partial charge in [0.05, 0.1) is 6.10 Å². The highest BCUT2D eigenvalue weighted by atomic mass is 35.5. The summed E-state index contributed by atoms with van der Waals surface area (Å²) in [5, 5.41) is 10.6. The van der Waals surface area contributed by atoms with Crippen LogP contribution in [0.4, 0.5) is 0 Å². The molecule has 0 aromatic heterocycles. The standard InChI is InChI=1S/C12H17ClO/c1-12(2,3)8-11(14)9-5-4-6-10(13)7-9/h4-7,11,14H,8H2,1-3H3/t11-/m1/s1. The molecule has 0 aliphatic rings. The van der Waals surface area contributed by atoms with Crippen molar-refractivity contribution >= 4 is 11.6 Å². The number of benzene rings is 1. The first kappa shape index (κ1) is 11.5. The van der Waals surface area contributed by atoms with Gasteiger partial charge < -0.3 is 5.11 Å². The molecule has 0 unspecified atom stereocenters. The predicted octanol–water partition coefficient (Wildman–Crippen LogP) is 3.81. The number of aliphatic hydroxyl groups excluding tert-OH is 1. The zero-order valence-electron chi connectivity index (χ0n) is 8.92. The lowest BCUT2D eigenvalue weighted by Crippen LogP contribution is -2.11. The Bertz CT molecular complexity index is 301. The highest BCUT2D eigenvalue weighted by Gasteiger charge is 2.17. The Labute approximate surface area is 90.7 Å². The van der Waals surface area contributed by atoms with E-state index in [0.717, 1.165) is 12.0 Å². The molecule has 1 rings (SSSR count). The van der Waals surface area contributed by atoms with Crippen LogP contribution in [-0.4, -0.2) is 5.11 Å². The van der Waals surface area contributed by atoms with Gasteiger partial charge in [0.15, 0.2) is 0 Å². The largest absolute Gasteiger partial charge is 0.388 e. The Morgan fingerprint density at radius 1 is 1.36 bits per heavy atom. The summed E-state index contributed by atoms with van der Waals surface area (Å²) < 4.78 is 0. The lowest BCUT2D eigenvalue weighted by Gasteiger charge is -2.22. The van der Waals surface area contributed by atoms with Gasteiger partial charge in [0.2, 0.25) is 0 Å². The van der Waals surface area contributed by atoms with Crippen molar-refractivity contribution in [2.45, 2.75) is 33.3 Å². The third-order valence-electron chi connectivity index (χ3n) is 2.04. The van der Waals surface area contributed by atoms with Crippen LogP contribution in [0.25, 0.3) is 0 Å². The molecule has 0 fully saturated rings. The molecule has 0 aliphatic heterocycles. The van der Waals surface area contributed by atoms with Crippen molar-refractivity contribution < 1.29 is 5.11 Å². The van der Waals surface area contributed by atoms with E-state index in [1.807, 2.05) is 24.3 Å². The zero-order valence-corrected chi connectivity index (χ0v) is 9.67. The van der Waals surface area contributed by atoms with E-state index in [1.54, 1.807) is 0 Å². The molecule has 0 heterocycles. The minimum absolute atomic E-state index is 0.127. The van der Waals surface area contributed by atoms with Gasteiger partial charge in [-0.1, -0.05) is 44.5 Å².